The molecule has 1 unspecified atom stereocenters. The first-order chi connectivity index (χ1) is 11.6. The van der Waals surface area contributed by atoms with E-state index in [1.807, 2.05) is 55.1 Å². The third-order valence-corrected chi connectivity index (χ3v) is 5.36. The standard InChI is InChI=1S/C16H17N5OS2/c1-10-6-4-5-7-12(10)13-19-20-16(21(13)3)24-11(2)14(22)18-15-17-8-9-23-15/h4-9,11H,1-3H3,(H,17,18,22). The van der Waals surface area contributed by atoms with Crippen molar-refractivity contribution in [3.8, 4) is 11.4 Å². The molecule has 3 rings (SSSR count). The minimum absolute atomic E-state index is 0.101. The molecule has 124 valence electrons. The number of thioether (sulfide) groups is 1. The molecule has 0 spiro atoms. The number of nitrogens with zero attached hydrogens (tertiary/aromatic N) is 4. The Kier molecular flexibility index (Phi) is 4.96. The molecule has 2 heterocycles. The molecular weight excluding hydrogens is 342 g/mol. The van der Waals surface area contributed by atoms with Gasteiger partial charge in [-0.1, -0.05) is 36.0 Å². The normalized spacial score (nSPS) is 12.1. The molecule has 0 aliphatic rings. The number of hydrogen-bond donors (Lipinski definition) is 1. The molecule has 6 nitrogen and oxygen atoms in total. The van der Waals surface area contributed by atoms with Crippen molar-refractivity contribution < 1.29 is 4.79 Å². The second-order valence-electron chi connectivity index (χ2n) is 5.27. The zero-order valence-corrected chi connectivity index (χ0v) is 15.2. The van der Waals surface area contributed by atoms with Crippen molar-refractivity contribution in [1.82, 2.24) is 19.7 Å². The van der Waals surface area contributed by atoms with Gasteiger partial charge in [-0.05, 0) is 19.4 Å². The van der Waals surface area contributed by atoms with Crippen LogP contribution in [-0.4, -0.2) is 30.9 Å². The summed E-state index contributed by atoms with van der Waals surface area (Å²) < 4.78 is 1.92. The van der Waals surface area contributed by atoms with Gasteiger partial charge in [-0.15, -0.1) is 21.5 Å². The molecule has 0 aliphatic carbocycles. The number of aryl methyl sites for hydroxylation is 1. The number of hydrogen-bond acceptors (Lipinski definition) is 6. The lowest BCUT2D eigenvalue weighted by Crippen LogP contribution is -2.22. The quantitative estimate of drug-likeness (QED) is 0.707. The number of benzene rings is 1. The smallest absolute Gasteiger partial charge is 0.239 e. The summed E-state index contributed by atoms with van der Waals surface area (Å²) in [6.07, 6.45) is 1.66. The molecule has 0 saturated carbocycles. The van der Waals surface area contributed by atoms with E-state index in [0.717, 1.165) is 17.0 Å². The van der Waals surface area contributed by atoms with Gasteiger partial charge in [-0.2, -0.15) is 0 Å². The zero-order valence-electron chi connectivity index (χ0n) is 13.6. The summed E-state index contributed by atoms with van der Waals surface area (Å²) in [5, 5.41) is 14.1. The first kappa shape index (κ1) is 16.7. The van der Waals surface area contributed by atoms with E-state index in [4.69, 9.17) is 0 Å². The molecular formula is C16H17N5OS2. The molecule has 2 aromatic heterocycles. The van der Waals surface area contributed by atoms with Crippen LogP contribution in [0.5, 0.6) is 0 Å². The fraction of sp³-hybridized carbons (Fsp3) is 0.250. The summed E-state index contributed by atoms with van der Waals surface area (Å²) in [7, 11) is 1.91. The topological polar surface area (TPSA) is 72.7 Å². The highest BCUT2D eigenvalue weighted by molar-refractivity contribution is 8.00. The van der Waals surface area contributed by atoms with E-state index in [-0.39, 0.29) is 11.2 Å². The molecule has 0 fully saturated rings. The highest BCUT2D eigenvalue weighted by Crippen LogP contribution is 2.27. The van der Waals surface area contributed by atoms with Gasteiger partial charge in [0.1, 0.15) is 0 Å². The van der Waals surface area contributed by atoms with Gasteiger partial charge < -0.3 is 9.88 Å². The molecule has 1 N–H and O–H groups in total. The number of amides is 1. The van der Waals surface area contributed by atoms with Crippen LogP contribution in [0.2, 0.25) is 0 Å². The predicted octanol–water partition coefficient (Wildman–Crippen LogP) is 3.37. The van der Waals surface area contributed by atoms with Crippen LogP contribution in [0.1, 0.15) is 12.5 Å². The number of rotatable bonds is 5. The van der Waals surface area contributed by atoms with E-state index in [1.54, 1.807) is 6.20 Å². The van der Waals surface area contributed by atoms with E-state index in [2.05, 4.69) is 20.5 Å². The summed E-state index contributed by atoms with van der Waals surface area (Å²) in [6.45, 7) is 3.89. The summed E-state index contributed by atoms with van der Waals surface area (Å²) in [6, 6.07) is 8.04. The first-order valence-corrected chi connectivity index (χ1v) is 9.14. The molecule has 24 heavy (non-hydrogen) atoms. The maximum absolute atomic E-state index is 12.2. The lowest BCUT2D eigenvalue weighted by molar-refractivity contribution is -0.115. The van der Waals surface area contributed by atoms with Crippen molar-refractivity contribution in [3.63, 3.8) is 0 Å². The van der Waals surface area contributed by atoms with Crippen molar-refractivity contribution in [2.24, 2.45) is 7.05 Å². The van der Waals surface area contributed by atoms with Gasteiger partial charge >= 0.3 is 0 Å². The van der Waals surface area contributed by atoms with Crippen molar-refractivity contribution in [2.45, 2.75) is 24.3 Å². The van der Waals surface area contributed by atoms with Gasteiger partial charge in [-0.3, -0.25) is 4.79 Å². The molecule has 0 radical (unpaired) electrons. The molecule has 0 bridgehead atoms. The average Bonchev–Trinajstić information content (AvgIpc) is 3.19. The largest absolute Gasteiger partial charge is 0.305 e. The van der Waals surface area contributed by atoms with Crippen molar-refractivity contribution in [3.05, 3.63) is 41.4 Å². The lowest BCUT2D eigenvalue weighted by Gasteiger charge is -2.10. The van der Waals surface area contributed by atoms with Crippen LogP contribution in [0, 0.1) is 6.92 Å². The maximum atomic E-state index is 12.2. The van der Waals surface area contributed by atoms with Gasteiger partial charge in [-0.25, -0.2) is 4.98 Å². The van der Waals surface area contributed by atoms with Crippen LogP contribution in [0.25, 0.3) is 11.4 Å². The Morgan fingerprint density at radius 2 is 2.12 bits per heavy atom. The lowest BCUT2D eigenvalue weighted by atomic mass is 10.1. The van der Waals surface area contributed by atoms with Crippen LogP contribution >= 0.6 is 23.1 Å². The molecule has 0 saturated heterocycles. The fourth-order valence-corrected chi connectivity index (χ4v) is 3.53. The molecule has 1 amide bonds. The number of aromatic nitrogens is 4. The van der Waals surface area contributed by atoms with Gasteiger partial charge in [0.25, 0.3) is 0 Å². The SMILES string of the molecule is Cc1ccccc1-c1nnc(SC(C)C(=O)Nc2nccs2)n1C. The Morgan fingerprint density at radius 1 is 1.33 bits per heavy atom. The molecule has 8 heteroatoms. The van der Waals surface area contributed by atoms with Gasteiger partial charge in [0.2, 0.25) is 5.91 Å². The number of carbonyl (C=O) groups is 1. The summed E-state index contributed by atoms with van der Waals surface area (Å²) >= 11 is 2.77. The Labute approximate surface area is 148 Å². The second kappa shape index (κ2) is 7.14. The highest BCUT2D eigenvalue weighted by atomic mass is 32.2. The third-order valence-electron chi connectivity index (χ3n) is 3.53. The first-order valence-electron chi connectivity index (χ1n) is 7.38. The van der Waals surface area contributed by atoms with E-state index >= 15 is 0 Å². The second-order valence-corrected chi connectivity index (χ2v) is 7.47. The average molecular weight is 359 g/mol. The van der Waals surface area contributed by atoms with Crippen LogP contribution in [0.15, 0.2) is 41.0 Å². The fourth-order valence-electron chi connectivity index (χ4n) is 2.18. The van der Waals surface area contributed by atoms with Gasteiger partial charge in [0.15, 0.2) is 16.1 Å². The third kappa shape index (κ3) is 3.49. The predicted molar refractivity (Wildman–Crippen MR) is 97.2 cm³/mol. The van der Waals surface area contributed by atoms with Crippen molar-refractivity contribution in [1.29, 1.82) is 0 Å². The zero-order chi connectivity index (χ0) is 17.1. The number of thiazole rings is 1. The van der Waals surface area contributed by atoms with Gasteiger partial charge in [0, 0.05) is 24.2 Å². The van der Waals surface area contributed by atoms with Crippen LogP contribution in [0.4, 0.5) is 5.13 Å². The van der Waals surface area contributed by atoms with E-state index in [1.165, 1.54) is 23.1 Å². The number of nitrogens with one attached hydrogen (secondary N) is 1. The number of carbonyl (C=O) groups excluding carboxylic acids is 1. The molecule has 0 aliphatic heterocycles. The maximum Gasteiger partial charge on any atom is 0.239 e. The number of anilines is 1. The minimum atomic E-state index is -0.304. The Morgan fingerprint density at radius 3 is 2.83 bits per heavy atom. The summed E-state index contributed by atoms with van der Waals surface area (Å²) in [4.78, 5) is 16.3. The summed E-state index contributed by atoms with van der Waals surface area (Å²) in [5.41, 5.74) is 2.18. The Hall–Kier alpha value is -2.19. The van der Waals surface area contributed by atoms with Gasteiger partial charge in [0.05, 0.1) is 5.25 Å². The highest BCUT2D eigenvalue weighted by Gasteiger charge is 2.20. The minimum Gasteiger partial charge on any atom is -0.305 e. The van der Waals surface area contributed by atoms with Crippen molar-refractivity contribution in [2.75, 3.05) is 5.32 Å². The van der Waals surface area contributed by atoms with E-state index < -0.39 is 0 Å². The summed E-state index contributed by atoms with van der Waals surface area (Å²) in [5.74, 6) is 0.693. The van der Waals surface area contributed by atoms with E-state index in [9.17, 15) is 4.79 Å². The van der Waals surface area contributed by atoms with E-state index in [0.29, 0.717) is 10.3 Å². The molecule has 1 aromatic carbocycles. The van der Waals surface area contributed by atoms with Crippen molar-refractivity contribution >= 4 is 34.1 Å². The van der Waals surface area contributed by atoms with Crippen LogP contribution < -0.4 is 5.32 Å². The Balaban J connectivity index is 1.74. The monoisotopic (exact) mass is 359 g/mol. The van der Waals surface area contributed by atoms with Crippen LogP contribution in [0.3, 0.4) is 0 Å². The molecule has 3 aromatic rings. The Bertz CT molecular complexity index is 844. The molecule has 1 atom stereocenters. The van der Waals surface area contributed by atoms with Crippen LogP contribution in [-0.2, 0) is 11.8 Å².